The fraction of sp³-hybridized carbons (Fsp3) is 0.952. The maximum atomic E-state index is 6.06. The standard InChI is InChI=1S/C21H38N4O2.HI/c1-20(2)17(16-7-6-12-27-18(16)20)24-19(22-3)23-15-21(8-13-26-14-9-21)25-10-4-5-11-25;/h16-18H,4-15H2,1-3H3,(H2,22,23,24);1H. The zero-order valence-corrected chi connectivity index (χ0v) is 20.2. The first-order valence-corrected chi connectivity index (χ1v) is 11.0. The molecule has 3 unspecified atom stereocenters. The van der Waals surface area contributed by atoms with E-state index in [0.29, 0.717) is 18.1 Å². The van der Waals surface area contributed by atoms with E-state index < -0.39 is 0 Å². The van der Waals surface area contributed by atoms with Crippen molar-refractivity contribution in [2.45, 2.75) is 70.1 Å². The van der Waals surface area contributed by atoms with E-state index >= 15 is 0 Å². The minimum absolute atomic E-state index is 0. The zero-order chi connectivity index (χ0) is 18.9. The first kappa shape index (κ1) is 22.6. The second kappa shape index (κ2) is 9.35. The van der Waals surface area contributed by atoms with Gasteiger partial charge < -0.3 is 20.1 Å². The lowest BCUT2D eigenvalue weighted by molar-refractivity contribution is -0.188. The van der Waals surface area contributed by atoms with Gasteiger partial charge >= 0.3 is 0 Å². The third kappa shape index (κ3) is 4.18. The van der Waals surface area contributed by atoms with Gasteiger partial charge in [-0.1, -0.05) is 13.8 Å². The Balaban J connectivity index is 0.00000225. The van der Waals surface area contributed by atoms with Crippen LogP contribution in [0.4, 0.5) is 0 Å². The third-order valence-electron chi connectivity index (χ3n) is 7.63. The van der Waals surface area contributed by atoms with Crippen molar-refractivity contribution >= 4 is 29.9 Å². The van der Waals surface area contributed by atoms with Crippen molar-refractivity contribution in [2.24, 2.45) is 16.3 Å². The molecule has 7 heteroatoms. The lowest BCUT2D eigenvalue weighted by atomic mass is 9.55. The number of likely N-dealkylation sites (tertiary alicyclic amines) is 1. The summed E-state index contributed by atoms with van der Waals surface area (Å²) in [5.41, 5.74) is 0.381. The summed E-state index contributed by atoms with van der Waals surface area (Å²) in [6.07, 6.45) is 7.73. The molecule has 6 nitrogen and oxygen atoms in total. The Morgan fingerprint density at radius 2 is 1.82 bits per heavy atom. The van der Waals surface area contributed by atoms with E-state index in [-0.39, 0.29) is 34.9 Å². The van der Waals surface area contributed by atoms with E-state index in [2.05, 4.69) is 34.4 Å². The van der Waals surface area contributed by atoms with Gasteiger partial charge in [0.05, 0.1) is 6.10 Å². The molecule has 0 spiro atoms. The van der Waals surface area contributed by atoms with Crippen LogP contribution in [0.2, 0.25) is 0 Å². The fourth-order valence-electron chi connectivity index (χ4n) is 5.95. The molecule has 0 aromatic rings. The molecule has 0 amide bonds. The van der Waals surface area contributed by atoms with Gasteiger partial charge in [-0.2, -0.15) is 0 Å². The number of aliphatic imine (C=N–C) groups is 1. The topological polar surface area (TPSA) is 58.1 Å². The van der Waals surface area contributed by atoms with Crippen LogP contribution in [0.15, 0.2) is 4.99 Å². The van der Waals surface area contributed by atoms with Crippen LogP contribution in [-0.2, 0) is 9.47 Å². The number of rotatable bonds is 4. The Kier molecular flexibility index (Phi) is 7.53. The number of nitrogens with one attached hydrogen (secondary N) is 2. The van der Waals surface area contributed by atoms with Gasteiger partial charge in [-0.15, -0.1) is 24.0 Å². The lowest BCUT2D eigenvalue weighted by Gasteiger charge is -2.60. The number of fused-ring (bicyclic) bond motifs is 1. The fourth-order valence-corrected chi connectivity index (χ4v) is 5.95. The van der Waals surface area contributed by atoms with E-state index in [0.717, 1.165) is 45.2 Å². The minimum atomic E-state index is 0. The highest BCUT2D eigenvalue weighted by atomic mass is 127. The Morgan fingerprint density at radius 3 is 2.50 bits per heavy atom. The summed E-state index contributed by atoms with van der Waals surface area (Å²) < 4.78 is 11.7. The average molecular weight is 506 g/mol. The van der Waals surface area contributed by atoms with E-state index in [1.165, 1.54) is 38.8 Å². The smallest absolute Gasteiger partial charge is 0.191 e. The molecule has 4 aliphatic rings. The molecule has 0 aromatic carbocycles. The van der Waals surface area contributed by atoms with Crippen LogP contribution >= 0.6 is 24.0 Å². The van der Waals surface area contributed by atoms with Crippen molar-refractivity contribution in [1.29, 1.82) is 0 Å². The van der Waals surface area contributed by atoms with E-state index in [9.17, 15) is 0 Å². The van der Waals surface area contributed by atoms with Gasteiger partial charge in [-0.25, -0.2) is 0 Å². The van der Waals surface area contributed by atoms with Crippen molar-refractivity contribution in [3.63, 3.8) is 0 Å². The molecule has 3 aliphatic heterocycles. The van der Waals surface area contributed by atoms with Crippen molar-refractivity contribution in [1.82, 2.24) is 15.5 Å². The summed E-state index contributed by atoms with van der Waals surface area (Å²) in [4.78, 5) is 7.26. The van der Waals surface area contributed by atoms with Crippen LogP contribution in [0, 0.1) is 11.3 Å². The molecule has 3 heterocycles. The molecule has 3 atom stereocenters. The summed E-state index contributed by atoms with van der Waals surface area (Å²) in [5, 5.41) is 7.44. The Hall–Kier alpha value is -0.120. The zero-order valence-electron chi connectivity index (χ0n) is 17.8. The summed E-state index contributed by atoms with van der Waals surface area (Å²) in [5.74, 6) is 1.56. The van der Waals surface area contributed by atoms with Gasteiger partial charge in [-0.05, 0) is 51.6 Å². The molecule has 4 fully saturated rings. The number of hydrogen-bond acceptors (Lipinski definition) is 4. The van der Waals surface area contributed by atoms with Gasteiger partial charge in [0.25, 0.3) is 0 Å². The predicted octanol–water partition coefficient (Wildman–Crippen LogP) is 2.62. The van der Waals surface area contributed by atoms with Gasteiger partial charge in [0.2, 0.25) is 0 Å². The van der Waals surface area contributed by atoms with Crippen molar-refractivity contribution in [2.75, 3.05) is 46.5 Å². The molecule has 3 saturated heterocycles. The maximum Gasteiger partial charge on any atom is 0.191 e. The number of ether oxygens (including phenoxy) is 2. The third-order valence-corrected chi connectivity index (χ3v) is 7.63. The molecular weight excluding hydrogens is 467 g/mol. The van der Waals surface area contributed by atoms with E-state index in [4.69, 9.17) is 9.47 Å². The summed E-state index contributed by atoms with van der Waals surface area (Å²) in [7, 11) is 1.89. The molecule has 0 bridgehead atoms. The Bertz CT molecular complexity index is 545. The van der Waals surface area contributed by atoms with E-state index in [1.807, 2.05) is 7.05 Å². The van der Waals surface area contributed by atoms with Crippen LogP contribution in [0.25, 0.3) is 0 Å². The second-order valence-electron chi connectivity index (χ2n) is 9.50. The van der Waals surface area contributed by atoms with Crippen LogP contribution < -0.4 is 10.6 Å². The molecule has 28 heavy (non-hydrogen) atoms. The van der Waals surface area contributed by atoms with Crippen LogP contribution in [0.1, 0.15) is 52.4 Å². The SMILES string of the molecule is CN=C(NCC1(N2CCCC2)CCOCC1)NC1C2CCCOC2C1(C)C.I. The molecule has 0 aromatic heterocycles. The summed E-state index contributed by atoms with van der Waals surface area (Å²) in [6.45, 7) is 10.7. The molecule has 162 valence electrons. The minimum Gasteiger partial charge on any atom is -0.381 e. The highest BCUT2D eigenvalue weighted by Crippen LogP contribution is 2.51. The quantitative estimate of drug-likeness (QED) is 0.349. The highest BCUT2D eigenvalue weighted by molar-refractivity contribution is 14.0. The lowest BCUT2D eigenvalue weighted by Crippen LogP contribution is -2.71. The maximum absolute atomic E-state index is 6.06. The first-order chi connectivity index (χ1) is 13.1. The molecule has 4 rings (SSSR count). The largest absolute Gasteiger partial charge is 0.381 e. The second-order valence-corrected chi connectivity index (χ2v) is 9.50. The van der Waals surface area contributed by atoms with Gasteiger partial charge in [0.1, 0.15) is 0 Å². The van der Waals surface area contributed by atoms with Crippen LogP contribution in [0.5, 0.6) is 0 Å². The Labute approximate surface area is 187 Å². The van der Waals surface area contributed by atoms with Crippen molar-refractivity contribution in [3.05, 3.63) is 0 Å². The normalized spacial score (nSPS) is 34.7. The highest BCUT2D eigenvalue weighted by Gasteiger charge is 2.58. The molecule has 0 radical (unpaired) electrons. The monoisotopic (exact) mass is 506 g/mol. The summed E-state index contributed by atoms with van der Waals surface area (Å²) >= 11 is 0. The van der Waals surface area contributed by atoms with Crippen LogP contribution in [-0.4, -0.2) is 75.0 Å². The number of halogens is 1. The van der Waals surface area contributed by atoms with Gasteiger partial charge in [0, 0.05) is 56.3 Å². The number of guanidine groups is 1. The average Bonchev–Trinajstić information content (AvgIpc) is 3.24. The molecule has 2 N–H and O–H groups in total. The Morgan fingerprint density at radius 1 is 1.11 bits per heavy atom. The molecular formula is C21H39IN4O2. The van der Waals surface area contributed by atoms with Crippen LogP contribution in [0.3, 0.4) is 0 Å². The first-order valence-electron chi connectivity index (χ1n) is 11.0. The van der Waals surface area contributed by atoms with Crippen molar-refractivity contribution in [3.8, 4) is 0 Å². The van der Waals surface area contributed by atoms with Gasteiger partial charge in [-0.3, -0.25) is 9.89 Å². The van der Waals surface area contributed by atoms with E-state index in [1.54, 1.807) is 0 Å². The molecule has 1 aliphatic carbocycles. The predicted molar refractivity (Wildman–Crippen MR) is 124 cm³/mol. The summed E-state index contributed by atoms with van der Waals surface area (Å²) in [6, 6.07) is 0.437. The van der Waals surface area contributed by atoms with Crippen molar-refractivity contribution < 1.29 is 9.47 Å². The number of hydrogen-bond donors (Lipinski definition) is 2. The van der Waals surface area contributed by atoms with Gasteiger partial charge in [0.15, 0.2) is 5.96 Å². The number of nitrogens with zero attached hydrogens (tertiary/aromatic N) is 2. The molecule has 1 saturated carbocycles.